The zero-order valence-electron chi connectivity index (χ0n) is 18.5. The van der Waals surface area contributed by atoms with Crippen LogP contribution in [0.25, 0.3) is 11.0 Å². The first kappa shape index (κ1) is 21.6. The Bertz CT molecular complexity index is 1200. The maximum absolute atomic E-state index is 12.3. The molecule has 0 atom stereocenters. The molecule has 4 aromatic rings. The molecule has 0 bridgehead atoms. The lowest BCUT2D eigenvalue weighted by Gasteiger charge is -2.12. The van der Waals surface area contributed by atoms with Crippen molar-refractivity contribution in [2.75, 3.05) is 13.2 Å². The van der Waals surface area contributed by atoms with Crippen molar-refractivity contribution in [2.45, 2.75) is 33.2 Å². The number of pyridine rings is 1. The van der Waals surface area contributed by atoms with Gasteiger partial charge in [0, 0.05) is 25.7 Å². The van der Waals surface area contributed by atoms with Gasteiger partial charge in [0.25, 0.3) is 5.91 Å². The van der Waals surface area contributed by atoms with Crippen LogP contribution in [0.15, 0.2) is 66.9 Å². The van der Waals surface area contributed by atoms with Crippen molar-refractivity contribution in [3.63, 3.8) is 0 Å². The minimum atomic E-state index is -0.171. The Morgan fingerprint density at radius 1 is 1.06 bits per heavy atom. The second-order valence-corrected chi connectivity index (χ2v) is 7.86. The number of aromatic nitrogens is 3. The number of imidazole rings is 1. The van der Waals surface area contributed by atoms with Gasteiger partial charge in [-0.05, 0) is 61.7 Å². The molecule has 0 aliphatic carbocycles. The number of carbonyl (C=O) groups excluding carboxylic acids is 1. The third kappa shape index (κ3) is 5.14. The first-order chi connectivity index (χ1) is 15.6. The van der Waals surface area contributed by atoms with E-state index in [2.05, 4.69) is 53.0 Å². The van der Waals surface area contributed by atoms with Crippen molar-refractivity contribution < 1.29 is 9.53 Å². The molecule has 0 saturated carbocycles. The Morgan fingerprint density at radius 2 is 1.91 bits per heavy atom. The van der Waals surface area contributed by atoms with E-state index < -0.39 is 0 Å². The Hall–Kier alpha value is -3.67. The predicted octanol–water partition coefficient (Wildman–Crippen LogP) is 4.49. The van der Waals surface area contributed by atoms with Crippen molar-refractivity contribution >= 4 is 16.9 Å². The SMILES string of the molecule is Cc1ccc(C)c(OCCCn2c(CCNC(=O)c3ccccn3)nc3ccccc32)c1. The molecule has 164 valence electrons. The van der Waals surface area contributed by atoms with Gasteiger partial charge in [0.2, 0.25) is 0 Å². The van der Waals surface area contributed by atoms with E-state index in [0.29, 0.717) is 25.3 Å². The van der Waals surface area contributed by atoms with E-state index in [1.54, 1.807) is 18.3 Å². The largest absolute Gasteiger partial charge is 0.493 e. The van der Waals surface area contributed by atoms with E-state index in [4.69, 9.17) is 9.72 Å². The molecule has 0 saturated heterocycles. The Labute approximate surface area is 188 Å². The van der Waals surface area contributed by atoms with Gasteiger partial charge in [-0.15, -0.1) is 0 Å². The van der Waals surface area contributed by atoms with Crippen LogP contribution >= 0.6 is 0 Å². The summed E-state index contributed by atoms with van der Waals surface area (Å²) in [6, 6.07) is 19.7. The third-order valence-corrected chi connectivity index (χ3v) is 5.39. The summed E-state index contributed by atoms with van der Waals surface area (Å²) in [5.74, 6) is 1.73. The lowest BCUT2D eigenvalue weighted by atomic mass is 10.1. The number of nitrogens with zero attached hydrogens (tertiary/aromatic N) is 3. The molecule has 0 unspecified atom stereocenters. The van der Waals surface area contributed by atoms with Crippen LogP contribution in [-0.2, 0) is 13.0 Å². The molecule has 2 aromatic carbocycles. The number of hydrogen-bond acceptors (Lipinski definition) is 4. The number of rotatable bonds is 9. The number of ether oxygens (including phenoxy) is 1. The summed E-state index contributed by atoms with van der Waals surface area (Å²) >= 11 is 0. The van der Waals surface area contributed by atoms with E-state index in [1.165, 1.54) is 5.56 Å². The van der Waals surface area contributed by atoms with Crippen LogP contribution in [0.3, 0.4) is 0 Å². The second kappa shape index (κ2) is 10.1. The number of nitrogens with one attached hydrogen (secondary N) is 1. The zero-order valence-corrected chi connectivity index (χ0v) is 18.5. The number of hydrogen-bond donors (Lipinski definition) is 1. The molecular weight excluding hydrogens is 400 g/mol. The van der Waals surface area contributed by atoms with E-state index >= 15 is 0 Å². The van der Waals surface area contributed by atoms with Crippen molar-refractivity contribution in [1.29, 1.82) is 0 Å². The van der Waals surface area contributed by atoms with Crippen LogP contribution < -0.4 is 10.1 Å². The van der Waals surface area contributed by atoms with Gasteiger partial charge in [-0.25, -0.2) is 4.98 Å². The normalized spacial score (nSPS) is 10.9. The molecule has 0 aliphatic heterocycles. The zero-order chi connectivity index (χ0) is 22.3. The van der Waals surface area contributed by atoms with Crippen molar-refractivity contribution in [2.24, 2.45) is 0 Å². The van der Waals surface area contributed by atoms with Crippen molar-refractivity contribution in [1.82, 2.24) is 19.9 Å². The quantitative estimate of drug-likeness (QED) is 0.399. The molecule has 0 aliphatic rings. The minimum absolute atomic E-state index is 0.171. The highest BCUT2D eigenvalue weighted by Gasteiger charge is 2.12. The van der Waals surface area contributed by atoms with Crippen LogP contribution in [0.1, 0.15) is 33.9 Å². The lowest BCUT2D eigenvalue weighted by Crippen LogP contribution is -2.27. The third-order valence-electron chi connectivity index (χ3n) is 5.39. The summed E-state index contributed by atoms with van der Waals surface area (Å²) in [7, 11) is 0. The Kier molecular flexibility index (Phi) is 6.80. The van der Waals surface area contributed by atoms with Crippen LogP contribution in [0.4, 0.5) is 0 Å². The molecule has 0 spiro atoms. The molecule has 4 rings (SSSR count). The maximum Gasteiger partial charge on any atom is 0.269 e. The van der Waals surface area contributed by atoms with E-state index in [0.717, 1.165) is 41.1 Å². The van der Waals surface area contributed by atoms with Crippen molar-refractivity contribution in [3.8, 4) is 5.75 Å². The van der Waals surface area contributed by atoms with Gasteiger partial charge >= 0.3 is 0 Å². The molecule has 2 aromatic heterocycles. The van der Waals surface area contributed by atoms with Gasteiger partial charge in [0.1, 0.15) is 17.3 Å². The monoisotopic (exact) mass is 428 g/mol. The summed E-state index contributed by atoms with van der Waals surface area (Å²) in [6.45, 7) is 6.07. The first-order valence-corrected chi connectivity index (χ1v) is 11.0. The molecule has 1 amide bonds. The highest BCUT2D eigenvalue weighted by Crippen LogP contribution is 2.20. The average Bonchev–Trinajstić information content (AvgIpc) is 3.16. The molecule has 0 radical (unpaired) electrons. The average molecular weight is 429 g/mol. The summed E-state index contributed by atoms with van der Waals surface area (Å²) in [4.78, 5) is 21.2. The number of para-hydroxylation sites is 2. The molecular formula is C26H28N4O2. The van der Waals surface area contributed by atoms with Gasteiger partial charge in [-0.3, -0.25) is 9.78 Å². The predicted molar refractivity (Wildman–Crippen MR) is 126 cm³/mol. The maximum atomic E-state index is 12.3. The number of carbonyl (C=O) groups is 1. The number of fused-ring (bicyclic) bond motifs is 1. The van der Waals surface area contributed by atoms with Gasteiger partial charge in [-0.1, -0.05) is 30.3 Å². The van der Waals surface area contributed by atoms with Gasteiger partial charge in [0.05, 0.1) is 17.6 Å². The fraction of sp³-hybridized carbons (Fsp3) is 0.269. The lowest BCUT2D eigenvalue weighted by molar-refractivity contribution is 0.0949. The molecule has 2 heterocycles. The highest BCUT2D eigenvalue weighted by atomic mass is 16.5. The smallest absolute Gasteiger partial charge is 0.269 e. The van der Waals surface area contributed by atoms with Crippen LogP contribution in [0.5, 0.6) is 5.75 Å². The fourth-order valence-electron chi connectivity index (χ4n) is 3.71. The van der Waals surface area contributed by atoms with E-state index in [-0.39, 0.29) is 5.91 Å². The molecule has 6 nitrogen and oxygen atoms in total. The van der Waals surface area contributed by atoms with Gasteiger partial charge < -0.3 is 14.6 Å². The Morgan fingerprint density at radius 3 is 2.75 bits per heavy atom. The highest BCUT2D eigenvalue weighted by molar-refractivity contribution is 5.92. The summed E-state index contributed by atoms with van der Waals surface area (Å²) < 4.78 is 8.26. The topological polar surface area (TPSA) is 69.0 Å². The number of amides is 1. The summed E-state index contributed by atoms with van der Waals surface area (Å²) in [5, 5.41) is 2.94. The van der Waals surface area contributed by atoms with E-state index in [1.807, 2.05) is 24.3 Å². The molecule has 32 heavy (non-hydrogen) atoms. The van der Waals surface area contributed by atoms with Crippen LogP contribution in [0, 0.1) is 13.8 Å². The minimum Gasteiger partial charge on any atom is -0.493 e. The van der Waals surface area contributed by atoms with Crippen molar-refractivity contribution in [3.05, 3.63) is 89.5 Å². The first-order valence-electron chi connectivity index (χ1n) is 11.0. The standard InChI is InChI=1S/C26H28N4O2/c1-19-11-12-20(2)24(18-19)32-17-7-16-30-23-10-4-3-8-21(23)29-25(30)13-15-28-26(31)22-9-5-6-14-27-22/h3-6,8-12,14,18H,7,13,15-17H2,1-2H3,(H,28,31). The van der Waals surface area contributed by atoms with E-state index in [9.17, 15) is 4.79 Å². The number of aryl methyl sites for hydroxylation is 3. The van der Waals surface area contributed by atoms with Gasteiger partial charge in [0.15, 0.2) is 0 Å². The molecule has 0 fully saturated rings. The molecule has 1 N–H and O–H groups in total. The summed E-state index contributed by atoms with van der Waals surface area (Å²) in [6.07, 6.45) is 3.13. The second-order valence-electron chi connectivity index (χ2n) is 7.86. The molecule has 6 heteroatoms. The van der Waals surface area contributed by atoms with Crippen LogP contribution in [0.2, 0.25) is 0 Å². The fourth-order valence-corrected chi connectivity index (χ4v) is 3.71. The van der Waals surface area contributed by atoms with Gasteiger partial charge in [-0.2, -0.15) is 0 Å². The van der Waals surface area contributed by atoms with Crippen LogP contribution in [-0.4, -0.2) is 33.6 Å². The Balaban J connectivity index is 1.39. The summed E-state index contributed by atoms with van der Waals surface area (Å²) in [5.41, 5.74) is 4.83. The number of benzene rings is 2.